The molecule has 2 rings (SSSR count). The molecule has 0 fully saturated rings. The zero-order valence-corrected chi connectivity index (χ0v) is 11.8. The molecule has 7 heteroatoms. The summed E-state index contributed by atoms with van der Waals surface area (Å²) < 4.78 is 5.92. The van der Waals surface area contributed by atoms with Gasteiger partial charge in [0.2, 0.25) is 0 Å². The van der Waals surface area contributed by atoms with Crippen molar-refractivity contribution in [2.75, 3.05) is 19.5 Å². The van der Waals surface area contributed by atoms with E-state index in [-0.39, 0.29) is 0 Å². The third-order valence-electron chi connectivity index (χ3n) is 2.52. The Balaban J connectivity index is 2.26. The van der Waals surface area contributed by atoms with Gasteiger partial charge in [-0.1, -0.05) is 11.6 Å². The molecule has 0 saturated heterocycles. The van der Waals surface area contributed by atoms with Crippen LogP contribution < -0.4 is 5.32 Å². The van der Waals surface area contributed by atoms with Crippen molar-refractivity contribution < 1.29 is 9.53 Å². The number of anilines is 1. The number of rotatable bonds is 4. The number of carbonyl (C=O) groups excluding carboxylic acids is 1. The molecule has 0 aliphatic carbocycles. The Bertz CT molecular complexity index is 652. The lowest BCUT2D eigenvalue weighted by molar-refractivity contribution is -0.134. The Hall–Kier alpha value is -2.34. The number of hydrogen-bond acceptors (Lipinski definition) is 5. The molecule has 6 nitrogen and oxygen atoms in total. The first-order chi connectivity index (χ1) is 9.62. The molecule has 0 spiro atoms. The fraction of sp³-hybridized carbons (Fsp3) is 0.154. The zero-order chi connectivity index (χ0) is 14.5. The number of carbonyl (C=O) groups is 1. The Kier molecular flexibility index (Phi) is 4.37. The van der Waals surface area contributed by atoms with Crippen molar-refractivity contribution in [2.24, 2.45) is 0 Å². The number of ether oxygens (including phenoxy) is 1. The number of hydrogen-bond donors (Lipinski definition) is 1. The van der Waals surface area contributed by atoms with Crippen LogP contribution in [-0.2, 0) is 9.53 Å². The van der Waals surface area contributed by atoms with E-state index in [1.165, 1.54) is 30.4 Å². The van der Waals surface area contributed by atoms with Gasteiger partial charge >= 0.3 is 5.97 Å². The van der Waals surface area contributed by atoms with Gasteiger partial charge in [0.1, 0.15) is 6.33 Å². The minimum atomic E-state index is -0.456. The van der Waals surface area contributed by atoms with Crippen LogP contribution in [-0.4, -0.2) is 34.9 Å². The van der Waals surface area contributed by atoms with Crippen LogP contribution in [0.15, 0.2) is 30.6 Å². The van der Waals surface area contributed by atoms with Crippen molar-refractivity contribution in [3.63, 3.8) is 0 Å². The number of nitrogens with zero attached hydrogens (tertiary/aromatic N) is 3. The summed E-state index contributed by atoms with van der Waals surface area (Å²) in [6, 6.07) is 5.46. The van der Waals surface area contributed by atoms with E-state index in [9.17, 15) is 4.79 Å². The number of benzene rings is 1. The van der Waals surface area contributed by atoms with Crippen LogP contribution in [0.25, 0.3) is 17.6 Å². The summed E-state index contributed by atoms with van der Waals surface area (Å²) in [5.74, 6) is 0.0563. The highest BCUT2D eigenvalue weighted by Gasteiger charge is 2.06. The lowest BCUT2D eigenvalue weighted by Crippen LogP contribution is -1.96. The molecule has 2 aromatic rings. The maximum atomic E-state index is 11.0. The first-order valence-electron chi connectivity index (χ1n) is 5.78. The van der Waals surface area contributed by atoms with Crippen molar-refractivity contribution in [3.05, 3.63) is 35.6 Å². The van der Waals surface area contributed by atoms with Gasteiger partial charge in [-0.2, -0.15) is 0 Å². The van der Waals surface area contributed by atoms with E-state index in [4.69, 9.17) is 11.6 Å². The van der Waals surface area contributed by atoms with Gasteiger partial charge in [0.15, 0.2) is 5.82 Å². The minimum absolute atomic E-state index is 0.456. The fourth-order valence-electron chi connectivity index (χ4n) is 1.55. The maximum Gasteiger partial charge on any atom is 0.332 e. The molecule has 0 bridgehead atoms. The summed E-state index contributed by atoms with van der Waals surface area (Å²) in [5.41, 5.74) is 1.65. The van der Waals surface area contributed by atoms with E-state index in [1.54, 1.807) is 19.2 Å². The van der Waals surface area contributed by atoms with E-state index >= 15 is 0 Å². The summed E-state index contributed by atoms with van der Waals surface area (Å²) in [6.07, 6.45) is 4.22. The summed E-state index contributed by atoms with van der Waals surface area (Å²) in [7, 11) is 3.12. The van der Waals surface area contributed by atoms with Crippen LogP contribution in [0.5, 0.6) is 0 Å². The van der Waals surface area contributed by atoms with Gasteiger partial charge < -0.3 is 10.1 Å². The Morgan fingerprint density at radius 3 is 2.95 bits per heavy atom. The molecule has 104 valence electrons. The summed E-state index contributed by atoms with van der Waals surface area (Å²) in [5, 5.41) is 7.83. The number of methoxy groups -OCH3 is 1. The monoisotopic (exact) mass is 292 g/mol. The first kappa shape index (κ1) is 14.1. The van der Waals surface area contributed by atoms with Crippen LogP contribution in [0.4, 0.5) is 5.69 Å². The van der Waals surface area contributed by atoms with Gasteiger partial charge in [0.25, 0.3) is 0 Å². The highest BCUT2D eigenvalue weighted by molar-refractivity contribution is 6.31. The van der Waals surface area contributed by atoms with Gasteiger partial charge in [-0.25, -0.2) is 14.5 Å². The molecular weight excluding hydrogens is 280 g/mol. The smallest absolute Gasteiger partial charge is 0.332 e. The molecule has 0 aliphatic rings. The molecule has 20 heavy (non-hydrogen) atoms. The second kappa shape index (κ2) is 6.21. The van der Waals surface area contributed by atoms with Crippen molar-refractivity contribution in [1.29, 1.82) is 0 Å². The van der Waals surface area contributed by atoms with Crippen LogP contribution in [0.3, 0.4) is 0 Å². The summed E-state index contributed by atoms with van der Waals surface area (Å²) in [4.78, 5) is 15.2. The van der Waals surface area contributed by atoms with Crippen LogP contribution in [0.1, 0.15) is 0 Å². The Labute approximate surface area is 121 Å². The van der Waals surface area contributed by atoms with E-state index < -0.39 is 5.97 Å². The minimum Gasteiger partial charge on any atom is -0.466 e. The topological polar surface area (TPSA) is 69.0 Å². The molecule has 1 heterocycles. The van der Waals surface area contributed by atoms with Crippen molar-refractivity contribution in [3.8, 4) is 11.4 Å². The average Bonchev–Trinajstić information content (AvgIpc) is 2.92. The Morgan fingerprint density at radius 2 is 2.25 bits per heavy atom. The third-order valence-corrected chi connectivity index (χ3v) is 2.74. The van der Waals surface area contributed by atoms with Gasteiger partial charge in [-0.15, -0.1) is 5.10 Å². The molecule has 0 saturated carbocycles. The number of nitrogens with one attached hydrogen (secondary N) is 1. The quantitative estimate of drug-likeness (QED) is 0.691. The highest BCUT2D eigenvalue weighted by atomic mass is 35.5. The van der Waals surface area contributed by atoms with Crippen molar-refractivity contribution >= 4 is 29.5 Å². The molecule has 1 aromatic carbocycles. The molecule has 0 atom stereocenters. The van der Waals surface area contributed by atoms with Crippen molar-refractivity contribution in [1.82, 2.24) is 14.8 Å². The van der Waals surface area contributed by atoms with Crippen LogP contribution in [0.2, 0.25) is 5.02 Å². The number of esters is 1. The second-order valence-corrected chi connectivity index (χ2v) is 4.30. The predicted molar refractivity (Wildman–Crippen MR) is 77.4 cm³/mol. The molecule has 0 aliphatic heterocycles. The van der Waals surface area contributed by atoms with E-state index in [0.29, 0.717) is 10.8 Å². The SMILES string of the molecule is CNc1cc(Cl)cc(-c2ncn(C=CC(=O)OC)n2)c1. The third kappa shape index (κ3) is 3.36. The van der Waals surface area contributed by atoms with Crippen LogP contribution in [0, 0.1) is 0 Å². The maximum absolute atomic E-state index is 11.0. The fourth-order valence-corrected chi connectivity index (χ4v) is 1.78. The predicted octanol–water partition coefficient (Wildman–Crippen LogP) is 2.28. The molecule has 1 N–H and O–H groups in total. The van der Waals surface area contributed by atoms with Gasteiger partial charge in [0.05, 0.1) is 7.11 Å². The summed E-state index contributed by atoms with van der Waals surface area (Å²) in [6.45, 7) is 0. The molecule has 1 aromatic heterocycles. The molecular formula is C13H13ClN4O2. The normalized spacial score (nSPS) is 10.8. The van der Waals surface area contributed by atoms with E-state index in [2.05, 4.69) is 20.1 Å². The standard InChI is InChI=1S/C13H13ClN4O2/c1-15-11-6-9(5-10(14)7-11)13-16-8-18(17-13)4-3-12(19)20-2/h3-8,15H,1-2H3. The van der Waals surface area contributed by atoms with E-state index in [0.717, 1.165) is 11.3 Å². The summed E-state index contributed by atoms with van der Waals surface area (Å²) >= 11 is 6.03. The van der Waals surface area contributed by atoms with Gasteiger partial charge in [-0.3, -0.25) is 0 Å². The van der Waals surface area contributed by atoms with Gasteiger partial charge in [0, 0.05) is 35.6 Å². The van der Waals surface area contributed by atoms with Crippen molar-refractivity contribution in [2.45, 2.75) is 0 Å². The largest absolute Gasteiger partial charge is 0.466 e. The molecule has 0 radical (unpaired) electrons. The number of aromatic nitrogens is 3. The highest BCUT2D eigenvalue weighted by Crippen LogP contribution is 2.24. The molecule has 0 unspecified atom stereocenters. The Morgan fingerprint density at radius 1 is 1.45 bits per heavy atom. The molecule has 0 amide bonds. The van der Waals surface area contributed by atoms with E-state index in [1.807, 2.05) is 6.07 Å². The van der Waals surface area contributed by atoms with Gasteiger partial charge in [-0.05, 0) is 18.2 Å². The lowest BCUT2D eigenvalue weighted by Gasteiger charge is -2.03. The second-order valence-electron chi connectivity index (χ2n) is 3.87. The zero-order valence-electron chi connectivity index (χ0n) is 11.0. The lowest BCUT2D eigenvalue weighted by atomic mass is 10.2. The first-order valence-corrected chi connectivity index (χ1v) is 6.16. The number of halogens is 1. The average molecular weight is 293 g/mol. The van der Waals surface area contributed by atoms with Crippen LogP contribution >= 0.6 is 11.6 Å².